The van der Waals surface area contributed by atoms with Gasteiger partial charge in [-0.2, -0.15) is 0 Å². The van der Waals surface area contributed by atoms with Gasteiger partial charge in [-0.1, -0.05) is 72.9 Å². The van der Waals surface area contributed by atoms with E-state index in [-0.39, 0.29) is 23.4 Å². The quantitative estimate of drug-likeness (QED) is 0.250. The molecular formula is C31H37Cl2N3O4S. The summed E-state index contributed by atoms with van der Waals surface area (Å²) in [5.41, 5.74) is 2.45. The topological polar surface area (TPSA) is 86.8 Å². The first-order valence-corrected chi connectivity index (χ1v) is 15.8. The molecule has 0 radical (unpaired) electrons. The fraction of sp³-hybridized carbons (Fsp3) is 0.355. The number of benzene rings is 3. The molecule has 3 aromatic rings. The smallest absolute Gasteiger partial charge is 0.264 e. The number of nitrogens with one attached hydrogen (secondary N) is 1. The van der Waals surface area contributed by atoms with Crippen molar-refractivity contribution in [2.24, 2.45) is 0 Å². The van der Waals surface area contributed by atoms with Crippen molar-refractivity contribution in [3.8, 4) is 0 Å². The number of aryl methyl sites for hydroxylation is 2. The lowest BCUT2D eigenvalue weighted by atomic mass is 10.1. The molecule has 7 nitrogen and oxygen atoms in total. The van der Waals surface area contributed by atoms with E-state index < -0.39 is 28.5 Å². The Hall–Kier alpha value is -3.07. The maximum absolute atomic E-state index is 14.2. The summed E-state index contributed by atoms with van der Waals surface area (Å²) < 4.78 is 29.2. The largest absolute Gasteiger partial charge is 0.352 e. The number of carbonyl (C=O) groups is 2. The molecule has 0 bridgehead atoms. The summed E-state index contributed by atoms with van der Waals surface area (Å²) in [6.07, 6.45) is 1.04. The van der Waals surface area contributed by atoms with E-state index in [1.807, 2.05) is 27.7 Å². The van der Waals surface area contributed by atoms with Crippen molar-refractivity contribution in [2.75, 3.05) is 10.8 Å². The zero-order valence-electron chi connectivity index (χ0n) is 24.0. The minimum absolute atomic E-state index is 0.0307. The number of sulfonamides is 1. The average molecular weight is 619 g/mol. The van der Waals surface area contributed by atoms with Gasteiger partial charge >= 0.3 is 0 Å². The number of anilines is 1. The Morgan fingerprint density at radius 3 is 2.17 bits per heavy atom. The second-order valence-electron chi connectivity index (χ2n) is 10.1. The molecule has 0 aromatic heterocycles. The van der Waals surface area contributed by atoms with E-state index in [0.29, 0.717) is 33.3 Å². The van der Waals surface area contributed by atoms with Crippen molar-refractivity contribution in [3.63, 3.8) is 0 Å². The van der Waals surface area contributed by atoms with Crippen LogP contribution in [0, 0.1) is 13.8 Å². The van der Waals surface area contributed by atoms with Crippen molar-refractivity contribution >= 4 is 50.7 Å². The number of hydrogen-bond acceptors (Lipinski definition) is 4. The molecule has 2 atom stereocenters. The van der Waals surface area contributed by atoms with Crippen LogP contribution >= 0.6 is 23.2 Å². The second kappa shape index (κ2) is 14.2. The first-order chi connectivity index (χ1) is 19.4. The van der Waals surface area contributed by atoms with E-state index in [1.54, 1.807) is 61.5 Å². The van der Waals surface area contributed by atoms with Crippen molar-refractivity contribution in [1.29, 1.82) is 0 Å². The molecule has 0 heterocycles. The van der Waals surface area contributed by atoms with Crippen molar-refractivity contribution < 1.29 is 18.0 Å². The van der Waals surface area contributed by atoms with Crippen LogP contribution < -0.4 is 9.62 Å². The molecule has 0 aliphatic heterocycles. The molecule has 41 heavy (non-hydrogen) atoms. The highest BCUT2D eigenvalue weighted by Crippen LogP contribution is 2.30. The molecule has 220 valence electrons. The second-order valence-corrected chi connectivity index (χ2v) is 12.8. The van der Waals surface area contributed by atoms with E-state index in [4.69, 9.17) is 23.2 Å². The third-order valence-corrected chi connectivity index (χ3v) is 9.38. The Morgan fingerprint density at radius 2 is 1.59 bits per heavy atom. The Morgan fingerprint density at radius 1 is 0.927 bits per heavy atom. The standard InChI is InChI=1S/C31H37Cl2N3O4S/c1-6-23(5)34-31(38)28(7-2)35(19-24-10-8-9-11-27(24)33)30(37)20-36(29-17-14-25(32)18-22(29)4)41(39,40)26-15-12-21(3)13-16-26/h8-18,23,28H,6-7,19-20H2,1-5H3,(H,34,38)/t23-,28+/m1/s1. The SMILES string of the molecule is CC[C@@H](C)NC(=O)[C@H](CC)N(Cc1ccccc1Cl)C(=O)CN(c1ccc(Cl)cc1C)S(=O)(=O)c1ccc(C)cc1. The Labute approximate surface area is 253 Å². The summed E-state index contributed by atoms with van der Waals surface area (Å²) in [5, 5.41) is 3.85. The minimum Gasteiger partial charge on any atom is -0.352 e. The third kappa shape index (κ3) is 8.03. The van der Waals surface area contributed by atoms with Crippen molar-refractivity contribution in [3.05, 3.63) is 93.5 Å². The van der Waals surface area contributed by atoms with Crippen LogP contribution in [-0.2, 0) is 26.2 Å². The third-order valence-electron chi connectivity index (χ3n) is 7.00. The molecule has 1 N–H and O–H groups in total. The van der Waals surface area contributed by atoms with E-state index in [9.17, 15) is 18.0 Å². The van der Waals surface area contributed by atoms with Gasteiger partial charge in [0, 0.05) is 22.6 Å². The molecule has 0 spiro atoms. The van der Waals surface area contributed by atoms with E-state index >= 15 is 0 Å². The highest BCUT2D eigenvalue weighted by molar-refractivity contribution is 7.92. The number of nitrogens with zero attached hydrogens (tertiary/aromatic N) is 2. The van der Waals surface area contributed by atoms with Gasteiger partial charge in [0.05, 0.1) is 10.6 Å². The monoisotopic (exact) mass is 617 g/mol. The lowest BCUT2D eigenvalue weighted by Gasteiger charge is -2.34. The first kappa shape index (κ1) is 32.4. The fourth-order valence-corrected chi connectivity index (χ4v) is 6.32. The van der Waals surface area contributed by atoms with Crippen LogP contribution in [0.15, 0.2) is 71.6 Å². The predicted octanol–water partition coefficient (Wildman–Crippen LogP) is 6.53. The number of halogens is 2. The van der Waals surface area contributed by atoms with Gasteiger partial charge in [0.15, 0.2) is 0 Å². The lowest BCUT2D eigenvalue weighted by molar-refractivity contribution is -0.140. The van der Waals surface area contributed by atoms with E-state index in [1.165, 1.54) is 17.0 Å². The molecule has 3 rings (SSSR count). The lowest BCUT2D eigenvalue weighted by Crippen LogP contribution is -2.53. The molecule has 0 unspecified atom stereocenters. The molecule has 0 saturated heterocycles. The number of amides is 2. The van der Waals surface area contributed by atoms with Crippen LogP contribution in [0.1, 0.15) is 50.3 Å². The molecule has 0 aliphatic carbocycles. The van der Waals surface area contributed by atoms with Crippen LogP contribution in [0.4, 0.5) is 5.69 Å². The van der Waals surface area contributed by atoms with Crippen LogP contribution in [0.5, 0.6) is 0 Å². The summed E-state index contributed by atoms with van der Waals surface area (Å²) in [5.74, 6) is -0.848. The zero-order chi connectivity index (χ0) is 30.3. The summed E-state index contributed by atoms with van der Waals surface area (Å²) in [6.45, 7) is 8.77. The summed E-state index contributed by atoms with van der Waals surface area (Å²) in [4.78, 5) is 29.0. The molecular weight excluding hydrogens is 581 g/mol. The van der Waals surface area contributed by atoms with Gasteiger partial charge in [-0.25, -0.2) is 8.42 Å². The van der Waals surface area contributed by atoms with Gasteiger partial charge in [-0.05, 0) is 81.1 Å². The molecule has 10 heteroatoms. The van der Waals surface area contributed by atoms with E-state index in [2.05, 4.69) is 5.32 Å². The van der Waals surface area contributed by atoms with Crippen LogP contribution in [0.2, 0.25) is 10.0 Å². The van der Waals surface area contributed by atoms with Gasteiger partial charge < -0.3 is 10.2 Å². The number of carbonyl (C=O) groups excluding carboxylic acids is 2. The number of rotatable bonds is 12. The Bertz CT molecular complexity index is 1480. The summed E-state index contributed by atoms with van der Waals surface area (Å²) in [7, 11) is -4.18. The zero-order valence-corrected chi connectivity index (χ0v) is 26.4. The highest BCUT2D eigenvalue weighted by Gasteiger charge is 2.34. The fourth-order valence-electron chi connectivity index (χ4n) is 4.42. The van der Waals surface area contributed by atoms with Gasteiger partial charge in [0.1, 0.15) is 12.6 Å². The number of hydrogen-bond donors (Lipinski definition) is 1. The van der Waals surface area contributed by atoms with E-state index in [0.717, 1.165) is 16.3 Å². The van der Waals surface area contributed by atoms with Crippen LogP contribution in [0.25, 0.3) is 0 Å². The van der Waals surface area contributed by atoms with Crippen molar-refractivity contribution in [1.82, 2.24) is 10.2 Å². The Balaban J connectivity index is 2.10. The van der Waals surface area contributed by atoms with Crippen LogP contribution in [-0.4, -0.2) is 43.8 Å². The highest BCUT2D eigenvalue weighted by atomic mass is 35.5. The van der Waals surface area contributed by atoms with Gasteiger partial charge in [0.2, 0.25) is 11.8 Å². The Kier molecular flexibility index (Phi) is 11.2. The molecule has 0 fully saturated rings. The normalized spacial score (nSPS) is 12.9. The molecule has 0 aliphatic rings. The predicted molar refractivity (Wildman–Crippen MR) is 166 cm³/mol. The van der Waals surface area contributed by atoms with Crippen molar-refractivity contribution in [2.45, 2.75) is 71.0 Å². The van der Waals surface area contributed by atoms with Gasteiger partial charge in [0.25, 0.3) is 10.0 Å². The molecule has 0 saturated carbocycles. The minimum atomic E-state index is -4.18. The van der Waals surface area contributed by atoms with Gasteiger partial charge in [-0.3, -0.25) is 13.9 Å². The maximum atomic E-state index is 14.2. The maximum Gasteiger partial charge on any atom is 0.264 e. The first-order valence-electron chi connectivity index (χ1n) is 13.6. The molecule has 3 aromatic carbocycles. The molecule has 2 amide bonds. The summed E-state index contributed by atoms with van der Waals surface area (Å²) >= 11 is 12.6. The summed E-state index contributed by atoms with van der Waals surface area (Å²) in [6, 6.07) is 17.4. The average Bonchev–Trinajstić information content (AvgIpc) is 2.93. The van der Waals surface area contributed by atoms with Gasteiger partial charge in [-0.15, -0.1) is 0 Å². The van der Waals surface area contributed by atoms with Crippen LogP contribution in [0.3, 0.4) is 0 Å².